The fourth-order valence-corrected chi connectivity index (χ4v) is 3.03. The fourth-order valence-electron chi connectivity index (χ4n) is 3.03. The smallest absolute Gasteiger partial charge is 0.224 e. The van der Waals surface area contributed by atoms with E-state index in [0.29, 0.717) is 25.0 Å². The molecule has 0 aromatic heterocycles. The van der Waals surface area contributed by atoms with Crippen LogP contribution in [-0.2, 0) is 9.53 Å². The predicted octanol–water partition coefficient (Wildman–Crippen LogP) is 1.01. The highest BCUT2D eigenvalue weighted by atomic mass is 16.5. The first-order chi connectivity index (χ1) is 8.31. The van der Waals surface area contributed by atoms with Crippen LogP contribution < -0.4 is 5.32 Å². The van der Waals surface area contributed by atoms with Gasteiger partial charge in [0.1, 0.15) is 0 Å². The molecule has 2 fully saturated rings. The van der Waals surface area contributed by atoms with E-state index in [1.807, 2.05) is 4.90 Å². The van der Waals surface area contributed by atoms with E-state index in [1.54, 1.807) is 7.11 Å². The number of hydrogen-bond acceptors (Lipinski definition) is 3. The highest BCUT2D eigenvalue weighted by Gasteiger charge is 2.30. The molecule has 0 spiro atoms. The van der Waals surface area contributed by atoms with E-state index >= 15 is 0 Å². The molecule has 2 heterocycles. The zero-order chi connectivity index (χ0) is 12.1. The number of likely N-dealkylation sites (tertiary alicyclic amines) is 1. The Kier molecular flexibility index (Phi) is 4.80. The standard InChI is InChI=1S/C13H24N2O2/c1-17-9-6-13(16)15-8-3-4-11(10-15)12-5-2-7-14-12/h11-12,14H,2-10H2,1H3. The number of methoxy groups -OCH3 is 1. The van der Waals surface area contributed by atoms with E-state index in [2.05, 4.69) is 5.32 Å². The summed E-state index contributed by atoms with van der Waals surface area (Å²) in [5.74, 6) is 0.923. The lowest BCUT2D eigenvalue weighted by Gasteiger charge is -2.35. The second-order valence-electron chi connectivity index (χ2n) is 5.19. The predicted molar refractivity (Wildman–Crippen MR) is 66.8 cm³/mol. The lowest BCUT2D eigenvalue weighted by atomic mass is 9.89. The summed E-state index contributed by atoms with van der Waals surface area (Å²) in [5, 5.41) is 3.57. The van der Waals surface area contributed by atoms with E-state index in [9.17, 15) is 4.79 Å². The molecule has 0 radical (unpaired) electrons. The van der Waals surface area contributed by atoms with Gasteiger partial charge in [0.05, 0.1) is 13.0 Å². The van der Waals surface area contributed by atoms with Gasteiger partial charge in [-0.2, -0.15) is 0 Å². The number of nitrogens with one attached hydrogen (secondary N) is 1. The second kappa shape index (κ2) is 6.36. The number of ether oxygens (including phenoxy) is 1. The van der Waals surface area contributed by atoms with Crippen molar-refractivity contribution in [2.75, 3.05) is 33.4 Å². The quantitative estimate of drug-likeness (QED) is 0.797. The first kappa shape index (κ1) is 12.8. The van der Waals surface area contributed by atoms with Crippen molar-refractivity contribution >= 4 is 5.91 Å². The van der Waals surface area contributed by atoms with E-state index < -0.39 is 0 Å². The average molecular weight is 240 g/mol. The Labute approximate surface area is 104 Å². The first-order valence-electron chi connectivity index (χ1n) is 6.81. The van der Waals surface area contributed by atoms with Crippen molar-refractivity contribution in [3.63, 3.8) is 0 Å². The van der Waals surface area contributed by atoms with Crippen LogP contribution in [0.5, 0.6) is 0 Å². The highest BCUT2D eigenvalue weighted by molar-refractivity contribution is 5.76. The number of piperidine rings is 1. The Morgan fingerprint density at radius 1 is 1.41 bits per heavy atom. The number of nitrogens with zero attached hydrogens (tertiary/aromatic N) is 1. The lowest BCUT2D eigenvalue weighted by Crippen LogP contribution is -2.46. The van der Waals surface area contributed by atoms with Crippen molar-refractivity contribution in [2.45, 2.75) is 38.1 Å². The zero-order valence-corrected chi connectivity index (χ0v) is 10.8. The van der Waals surface area contributed by atoms with E-state index in [0.717, 1.165) is 26.1 Å². The Morgan fingerprint density at radius 3 is 3.00 bits per heavy atom. The molecular formula is C13H24N2O2. The largest absolute Gasteiger partial charge is 0.384 e. The molecule has 1 N–H and O–H groups in total. The molecule has 2 aliphatic rings. The maximum atomic E-state index is 11.9. The van der Waals surface area contributed by atoms with Crippen molar-refractivity contribution in [3.05, 3.63) is 0 Å². The summed E-state index contributed by atoms with van der Waals surface area (Å²) in [7, 11) is 1.65. The Hall–Kier alpha value is -0.610. The Balaban J connectivity index is 1.81. The average Bonchev–Trinajstić information content (AvgIpc) is 2.90. The van der Waals surface area contributed by atoms with Crippen LogP contribution in [0.1, 0.15) is 32.1 Å². The molecule has 17 heavy (non-hydrogen) atoms. The van der Waals surface area contributed by atoms with E-state index in [4.69, 9.17) is 4.74 Å². The van der Waals surface area contributed by atoms with Gasteiger partial charge in [0.15, 0.2) is 0 Å². The minimum atomic E-state index is 0.259. The van der Waals surface area contributed by atoms with Gasteiger partial charge in [-0.1, -0.05) is 0 Å². The van der Waals surface area contributed by atoms with Gasteiger partial charge in [-0.25, -0.2) is 0 Å². The fraction of sp³-hybridized carbons (Fsp3) is 0.923. The lowest BCUT2D eigenvalue weighted by molar-refractivity contribution is -0.134. The zero-order valence-electron chi connectivity index (χ0n) is 10.8. The van der Waals surface area contributed by atoms with Gasteiger partial charge in [0.25, 0.3) is 0 Å². The van der Waals surface area contributed by atoms with Crippen LogP contribution in [-0.4, -0.2) is 50.2 Å². The van der Waals surface area contributed by atoms with Crippen molar-refractivity contribution < 1.29 is 9.53 Å². The number of hydrogen-bond donors (Lipinski definition) is 1. The molecule has 4 heteroatoms. The molecule has 2 rings (SSSR count). The monoisotopic (exact) mass is 240 g/mol. The molecule has 0 aromatic carbocycles. The van der Waals surface area contributed by atoms with Crippen LogP contribution in [0, 0.1) is 5.92 Å². The SMILES string of the molecule is COCCC(=O)N1CCCC(C2CCCN2)C1. The minimum absolute atomic E-state index is 0.259. The van der Waals surface area contributed by atoms with Crippen molar-refractivity contribution in [1.82, 2.24) is 10.2 Å². The summed E-state index contributed by atoms with van der Waals surface area (Å²) in [6.45, 7) is 3.58. The van der Waals surface area contributed by atoms with Gasteiger partial charge in [-0.05, 0) is 38.1 Å². The van der Waals surface area contributed by atoms with Gasteiger partial charge < -0.3 is 15.0 Å². The second-order valence-corrected chi connectivity index (χ2v) is 5.19. The first-order valence-corrected chi connectivity index (χ1v) is 6.81. The van der Waals surface area contributed by atoms with Gasteiger partial charge in [-0.15, -0.1) is 0 Å². The Bertz CT molecular complexity index is 252. The van der Waals surface area contributed by atoms with Crippen molar-refractivity contribution in [1.29, 1.82) is 0 Å². The molecule has 2 atom stereocenters. The van der Waals surface area contributed by atoms with Crippen LogP contribution in [0.3, 0.4) is 0 Å². The molecule has 0 aliphatic carbocycles. The molecule has 2 saturated heterocycles. The van der Waals surface area contributed by atoms with Crippen molar-refractivity contribution in [2.24, 2.45) is 5.92 Å². The number of carbonyl (C=O) groups excluding carboxylic acids is 1. The molecule has 2 unspecified atom stereocenters. The maximum Gasteiger partial charge on any atom is 0.224 e. The minimum Gasteiger partial charge on any atom is -0.384 e. The highest BCUT2D eigenvalue weighted by Crippen LogP contribution is 2.24. The van der Waals surface area contributed by atoms with Crippen LogP contribution in [0.25, 0.3) is 0 Å². The van der Waals surface area contributed by atoms with E-state index in [-0.39, 0.29) is 5.91 Å². The number of rotatable bonds is 4. The number of amides is 1. The third kappa shape index (κ3) is 3.42. The molecule has 1 amide bonds. The third-order valence-electron chi connectivity index (χ3n) is 4.00. The van der Waals surface area contributed by atoms with Gasteiger partial charge in [-0.3, -0.25) is 4.79 Å². The summed E-state index contributed by atoms with van der Waals surface area (Å²) in [6, 6.07) is 0.646. The van der Waals surface area contributed by atoms with Crippen LogP contribution in [0.15, 0.2) is 0 Å². The van der Waals surface area contributed by atoms with Gasteiger partial charge >= 0.3 is 0 Å². The van der Waals surface area contributed by atoms with E-state index in [1.165, 1.54) is 19.3 Å². The van der Waals surface area contributed by atoms with Crippen LogP contribution >= 0.6 is 0 Å². The summed E-state index contributed by atoms with van der Waals surface area (Å²) < 4.78 is 4.97. The normalized spacial score (nSPS) is 29.6. The summed E-state index contributed by atoms with van der Waals surface area (Å²) in [4.78, 5) is 14.0. The summed E-state index contributed by atoms with van der Waals surface area (Å²) in [5.41, 5.74) is 0. The molecule has 2 aliphatic heterocycles. The molecular weight excluding hydrogens is 216 g/mol. The Morgan fingerprint density at radius 2 is 2.29 bits per heavy atom. The summed E-state index contributed by atoms with van der Waals surface area (Å²) in [6.07, 6.45) is 5.53. The molecule has 98 valence electrons. The molecule has 0 bridgehead atoms. The molecule has 4 nitrogen and oxygen atoms in total. The maximum absolute atomic E-state index is 11.9. The van der Waals surface area contributed by atoms with Crippen LogP contribution in [0.2, 0.25) is 0 Å². The number of carbonyl (C=O) groups is 1. The summed E-state index contributed by atoms with van der Waals surface area (Å²) >= 11 is 0. The van der Waals surface area contributed by atoms with Gasteiger partial charge in [0, 0.05) is 26.2 Å². The molecule has 0 saturated carbocycles. The van der Waals surface area contributed by atoms with Gasteiger partial charge in [0.2, 0.25) is 5.91 Å². The molecule has 0 aromatic rings. The van der Waals surface area contributed by atoms with Crippen LogP contribution in [0.4, 0.5) is 0 Å². The van der Waals surface area contributed by atoms with Crippen molar-refractivity contribution in [3.8, 4) is 0 Å². The third-order valence-corrected chi connectivity index (χ3v) is 4.00. The topological polar surface area (TPSA) is 41.6 Å².